The number of fused-ring (bicyclic) bond motifs is 2. The highest BCUT2D eigenvalue weighted by molar-refractivity contribution is 5.27. The van der Waals surface area contributed by atoms with Gasteiger partial charge in [0.2, 0.25) is 0 Å². The highest BCUT2D eigenvalue weighted by atomic mass is 15.3. The lowest BCUT2D eigenvalue weighted by molar-refractivity contribution is -0.00953. The normalized spacial score (nSPS) is 33.5. The summed E-state index contributed by atoms with van der Waals surface area (Å²) in [5.74, 6) is 2.75. The van der Waals surface area contributed by atoms with E-state index >= 15 is 0 Å². The van der Waals surface area contributed by atoms with Crippen molar-refractivity contribution in [1.29, 1.82) is 0 Å². The van der Waals surface area contributed by atoms with Crippen LogP contribution in [0.4, 0.5) is 0 Å². The Morgan fingerprint density at radius 2 is 1.88 bits per heavy atom. The fourth-order valence-corrected chi connectivity index (χ4v) is 5.83. The number of piperidine rings is 3. The smallest absolute Gasteiger partial charge is 0.122 e. The number of nitrogens with zero attached hydrogens (tertiary/aromatic N) is 4. The van der Waals surface area contributed by atoms with Crippen LogP contribution in [0.5, 0.6) is 0 Å². The van der Waals surface area contributed by atoms with Crippen molar-refractivity contribution < 1.29 is 0 Å². The maximum atomic E-state index is 4.70. The molecule has 4 aliphatic rings. The molecule has 3 atom stereocenters. The molecule has 0 radical (unpaired) electrons. The second-order valence-electron chi connectivity index (χ2n) is 8.34. The van der Waals surface area contributed by atoms with Crippen molar-refractivity contribution in [2.45, 2.75) is 57.3 Å². The lowest BCUT2D eigenvalue weighted by Gasteiger charge is -2.51. The van der Waals surface area contributed by atoms with E-state index in [0.29, 0.717) is 18.0 Å². The number of aryl methyl sites for hydroxylation is 1. The van der Waals surface area contributed by atoms with Crippen molar-refractivity contribution in [3.05, 3.63) is 54.1 Å². The Labute approximate surface area is 156 Å². The van der Waals surface area contributed by atoms with Gasteiger partial charge in [0.15, 0.2) is 0 Å². The quantitative estimate of drug-likeness (QED) is 0.826. The van der Waals surface area contributed by atoms with Gasteiger partial charge in [0, 0.05) is 43.5 Å². The SMILES string of the molecule is CCCn1ccnc1CN1C[C@H](c2ccccc2)[C@@H]2[C@H]1C1CCN2CC1. The number of imidazole rings is 1. The predicted octanol–water partition coefficient (Wildman–Crippen LogP) is 3.36. The second kappa shape index (κ2) is 6.82. The minimum atomic E-state index is 0.638. The van der Waals surface area contributed by atoms with Gasteiger partial charge < -0.3 is 4.57 Å². The Bertz CT molecular complexity index is 732. The Hall–Kier alpha value is -1.65. The van der Waals surface area contributed by atoms with Gasteiger partial charge in [-0.25, -0.2) is 4.98 Å². The molecule has 4 saturated heterocycles. The van der Waals surface area contributed by atoms with Crippen LogP contribution >= 0.6 is 0 Å². The zero-order valence-corrected chi connectivity index (χ0v) is 15.8. The molecule has 138 valence electrons. The molecule has 1 aromatic heterocycles. The first-order chi connectivity index (χ1) is 12.8. The monoisotopic (exact) mass is 350 g/mol. The van der Waals surface area contributed by atoms with E-state index in [2.05, 4.69) is 57.8 Å². The molecule has 5 heterocycles. The topological polar surface area (TPSA) is 24.3 Å². The molecule has 4 nitrogen and oxygen atoms in total. The Morgan fingerprint density at radius 1 is 1.08 bits per heavy atom. The van der Waals surface area contributed by atoms with Gasteiger partial charge >= 0.3 is 0 Å². The zero-order valence-electron chi connectivity index (χ0n) is 15.8. The summed E-state index contributed by atoms with van der Waals surface area (Å²) in [5.41, 5.74) is 1.52. The van der Waals surface area contributed by atoms with Crippen LogP contribution in [-0.2, 0) is 13.1 Å². The molecule has 4 aliphatic heterocycles. The molecule has 1 aromatic carbocycles. The first-order valence-corrected chi connectivity index (χ1v) is 10.4. The van der Waals surface area contributed by atoms with Crippen LogP contribution in [0.3, 0.4) is 0 Å². The van der Waals surface area contributed by atoms with Crippen LogP contribution in [0.2, 0.25) is 0 Å². The van der Waals surface area contributed by atoms with Gasteiger partial charge in [0.25, 0.3) is 0 Å². The van der Waals surface area contributed by atoms with Crippen molar-refractivity contribution in [2.75, 3.05) is 19.6 Å². The largest absolute Gasteiger partial charge is 0.334 e. The molecule has 0 N–H and O–H groups in total. The molecule has 0 amide bonds. The summed E-state index contributed by atoms with van der Waals surface area (Å²) < 4.78 is 2.35. The lowest BCUT2D eigenvalue weighted by atomic mass is 9.75. The van der Waals surface area contributed by atoms with Gasteiger partial charge in [0.05, 0.1) is 6.54 Å². The third-order valence-corrected chi connectivity index (χ3v) is 6.93. The van der Waals surface area contributed by atoms with Crippen LogP contribution < -0.4 is 0 Å². The molecule has 4 heteroatoms. The number of aromatic nitrogens is 2. The van der Waals surface area contributed by atoms with Gasteiger partial charge in [-0.1, -0.05) is 37.3 Å². The standard InChI is InChI=1S/C22H30N4/c1-2-11-24-14-10-23-20(24)16-26-15-19(17-6-4-3-5-7-17)22-21(26)18-8-12-25(22)13-9-18/h3-7,10,14,18-19,21-22H,2,8-9,11-13,15-16H2,1H3/t19-,21-,22-/m1/s1. The summed E-state index contributed by atoms with van der Waals surface area (Å²) in [6.07, 6.45) is 8.05. The molecule has 26 heavy (non-hydrogen) atoms. The Balaban J connectivity index is 1.45. The van der Waals surface area contributed by atoms with Crippen LogP contribution in [0, 0.1) is 5.92 Å². The maximum absolute atomic E-state index is 4.70. The van der Waals surface area contributed by atoms with Crippen molar-refractivity contribution >= 4 is 0 Å². The summed E-state index contributed by atoms with van der Waals surface area (Å²) in [4.78, 5) is 10.3. The Kier molecular flexibility index (Phi) is 4.33. The fraction of sp³-hybridized carbons (Fsp3) is 0.591. The van der Waals surface area contributed by atoms with E-state index in [1.165, 1.54) is 50.3 Å². The summed E-state index contributed by atoms with van der Waals surface area (Å²) in [5, 5.41) is 0. The average molecular weight is 351 g/mol. The fourth-order valence-electron chi connectivity index (χ4n) is 5.83. The second-order valence-corrected chi connectivity index (χ2v) is 8.34. The van der Waals surface area contributed by atoms with E-state index in [9.17, 15) is 0 Å². The summed E-state index contributed by atoms with van der Waals surface area (Å²) in [6, 6.07) is 12.6. The molecular weight excluding hydrogens is 320 g/mol. The molecular formula is C22H30N4. The van der Waals surface area contributed by atoms with Gasteiger partial charge in [-0.3, -0.25) is 9.80 Å². The average Bonchev–Trinajstić information content (AvgIpc) is 3.30. The van der Waals surface area contributed by atoms with Gasteiger partial charge in [-0.2, -0.15) is 0 Å². The van der Waals surface area contributed by atoms with E-state index in [1.54, 1.807) is 0 Å². The third kappa shape index (κ3) is 2.71. The zero-order chi connectivity index (χ0) is 17.5. The van der Waals surface area contributed by atoms with E-state index in [1.807, 2.05) is 6.20 Å². The van der Waals surface area contributed by atoms with Crippen molar-refractivity contribution in [3.8, 4) is 0 Å². The number of hydrogen-bond acceptors (Lipinski definition) is 3. The number of benzene rings is 1. The van der Waals surface area contributed by atoms with Crippen molar-refractivity contribution in [2.24, 2.45) is 5.92 Å². The molecule has 6 rings (SSSR count). The van der Waals surface area contributed by atoms with Gasteiger partial charge in [-0.05, 0) is 43.8 Å². The van der Waals surface area contributed by atoms with E-state index in [-0.39, 0.29) is 0 Å². The molecule has 0 unspecified atom stereocenters. The number of hydrogen-bond donors (Lipinski definition) is 0. The van der Waals surface area contributed by atoms with E-state index in [0.717, 1.165) is 19.0 Å². The van der Waals surface area contributed by atoms with Crippen LogP contribution in [0.25, 0.3) is 0 Å². The van der Waals surface area contributed by atoms with E-state index < -0.39 is 0 Å². The van der Waals surface area contributed by atoms with Crippen molar-refractivity contribution in [1.82, 2.24) is 19.4 Å². The van der Waals surface area contributed by atoms with Gasteiger partial charge in [-0.15, -0.1) is 0 Å². The molecule has 2 bridgehead atoms. The summed E-state index contributed by atoms with van der Waals surface area (Å²) in [6.45, 7) is 8.09. The van der Waals surface area contributed by atoms with E-state index in [4.69, 9.17) is 4.98 Å². The van der Waals surface area contributed by atoms with Crippen LogP contribution in [0.15, 0.2) is 42.7 Å². The first kappa shape index (κ1) is 16.5. The minimum Gasteiger partial charge on any atom is -0.334 e. The predicted molar refractivity (Wildman–Crippen MR) is 104 cm³/mol. The van der Waals surface area contributed by atoms with Gasteiger partial charge in [0.1, 0.15) is 5.82 Å². The van der Waals surface area contributed by atoms with Crippen molar-refractivity contribution in [3.63, 3.8) is 0 Å². The molecule has 0 saturated carbocycles. The molecule has 2 aromatic rings. The summed E-state index contributed by atoms with van der Waals surface area (Å²) >= 11 is 0. The van der Waals surface area contributed by atoms with Crippen LogP contribution in [-0.4, -0.2) is 51.1 Å². The lowest BCUT2D eigenvalue weighted by Crippen LogP contribution is -2.60. The highest BCUT2D eigenvalue weighted by Crippen LogP contribution is 2.46. The van der Waals surface area contributed by atoms with Crippen LogP contribution in [0.1, 0.15) is 43.5 Å². The minimum absolute atomic E-state index is 0.638. The maximum Gasteiger partial charge on any atom is 0.122 e. The third-order valence-electron chi connectivity index (χ3n) is 6.93. The first-order valence-electron chi connectivity index (χ1n) is 10.4. The number of rotatable bonds is 5. The molecule has 4 fully saturated rings. The Morgan fingerprint density at radius 3 is 2.65 bits per heavy atom. The highest BCUT2D eigenvalue weighted by Gasteiger charge is 2.53. The molecule has 0 aliphatic carbocycles. The molecule has 0 spiro atoms. The summed E-state index contributed by atoms with van der Waals surface area (Å²) in [7, 11) is 0. The number of likely N-dealkylation sites (tertiary alicyclic amines) is 1.